The first-order valence-corrected chi connectivity index (χ1v) is 6.76. The van der Waals surface area contributed by atoms with Crippen LogP contribution in [0.3, 0.4) is 0 Å². The van der Waals surface area contributed by atoms with Gasteiger partial charge in [-0.3, -0.25) is 0 Å². The van der Waals surface area contributed by atoms with Crippen molar-refractivity contribution in [3.63, 3.8) is 0 Å². The van der Waals surface area contributed by atoms with Crippen LogP contribution in [0.2, 0.25) is 0 Å². The summed E-state index contributed by atoms with van der Waals surface area (Å²) in [6.45, 7) is 1.92. The lowest BCUT2D eigenvalue weighted by molar-refractivity contribution is 0.222. The number of aromatic nitrogens is 1. The summed E-state index contributed by atoms with van der Waals surface area (Å²) in [5.74, 6) is 1.60. The molecule has 0 bridgehead atoms. The van der Waals surface area contributed by atoms with Crippen molar-refractivity contribution in [3.05, 3.63) is 42.6 Å². The fourth-order valence-electron chi connectivity index (χ4n) is 2.35. The number of ether oxygens (including phenoxy) is 2. The van der Waals surface area contributed by atoms with Gasteiger partial charge in [0.2, 0.25) is 0 Å². The zero-order valence-electron chi connectivity index (χ0n) is 11.4. The van der Waals surface area contributed by atoms with E-state index in [2.05, 4.69) is 16.5 Å². The van der Waals surface area contributed by atoms with Crippen molar-refractivity contribution in [2.75, 3.05) is 20.2 Å². The number of rotatable bonds is 4. The summed E-state index contributed by atoms with van der Waals surface area (Å²) in [5, 5.41) is 3.29. The van der Waals surface area contributed by atoms with E-state index in [1.165, 1.54) is 0 Å². The summed E-state index contributed by atoms with van der Waals surface area (Å²) in [4.78, 5) is 4.23. The van der Waals surface area contributed by atoms with Crippen LogP contribution in [0.4, 0.5) is 0 Å². The Morgan fingerprint density at radius 1 is 1.35 bits per heavy atom. The summed E-state index contributed by atoms with van der Waals surface area (Å²) in [6.07, 6.45) is 4.12. The van der Waals surface area contributed by atoms with Gasteiger partial charge in [0.1, 0.15) is 17.6 Å². The highest BCUT2D eigenvalue weighted by Crippen LogP contribution is 2.32. The molecule has 3 rings (SSSR count). The highest BCUT2D eigenvalue weighted by molar-refractivity contribution is 5.68. The Morgan fingerprint density at radius 2 is 2.30 bits per heavy atom. The van der Waals surface area contributed by atoms with E-state index in [-0.39, 0.29) is 6.10 Å². The van der Waals surface area contributed by atoms with Crippen molar-refractivity contribution >= 4 is 0 Å². The van der Waals surface area contributed by atoms with Crippen LogP contribution < -0.4 is 14.8 Å². The third kappa shape index (κ3) is 2.75. The fourth-order valence-corrected chi connectivity index (χ4v) is 2.35. The molecule has 1 N–H and O–H groups in total. The molecule has 1 aliphatic heterocycles. The van der Waals surface area contributed by atoms with E-state index in [1.54, 1.807) is 13.2 Å². The maximum absolute atomic E-state index is 5.94. The second-order valence-electron chi connectivity index (χ2n) is 4.75. The monoisotopic (exact) mass is 269 g/mol. The molecule has 4 nitrogen and oxygen atoms in total. The molecule has 1 saturated heterocycles. The van der Waals surface area contributed by atoms with Crippen molar-refractivity contribution < 1.29 is 9.47 Å². The highest BCUT2D eigenvalue weighted by Gasteiger charge is 2.17. The number of nitrogens with zero attached hydrogens (tertiary/aromatic N) is 1. The maximum atomic E-state index is 5.94. The molecule has 2 heterocycles. The molecular weight excluding hydrogens is 252 g/mol. The minimum absolute atomic E-state index is 0.244. The Hall–Kier alpha value is -2.07. The van der Waals surface area contributed by atoms with Crippen LogP contribution in [0.5, 0.6) is 11.5 Å². The second kappa shape index (κ2) is 5.92. The van der Waals surface area contributed by atoms with Gasteiger partial charge in [0, 0.05) is 18.2 Å². The third-order valence-corrected chi connectivity index (χ3v) is 3.38. The first kappa shape index (κ1) is 12.9. The van der Waals surface area contributed by atoms with Gasteiger partial charge in [0.05, 0.1) is 19.0 Å². The number of hydrogen-bond acceptors (Lipinski definition) is 4. The van der Waals surface area contributed by atoms with Gasteiger partial charge in [-0.05, 0) is 37.2 Å². The third-order valence-electron chi connectivity index (χ3n) is 3.38. The molecular formula is C16H17N2O2. The zero-order valence-corrected chi connectivity index (χ0v) is 11.4. The number of nitrogens with one attached hydrogen (secondary N) is 1. The van der Waals surface area contributed by atoms with Crippen molar-refractivity contribution in [2.24, 2.45) is 0 Å². The molecule has 1 aliphatic rings. The maximum Gasteiger partial charge on any atom is 0.131 e. The first-order chi connectivity index (χ1) is 9.86. The summed E-state index contributed by atoms with van der Waals surface area (Å²) in [7, 11) is 1.66. The molecule has 0 aliphatic carbocycles. The Morgan fingerprint density at radius 3 is 3.00 bits per heavy atom. The number of methoxy groups -OCH3 is 1. The average Bonchev–Trinajstić information content (AvgIpc) is 3.01. The van der Waals surface area contributed by atoms with Gasteiger partial charge in [-0.25, -0.2) is 4.98 Å². The molecule has 0 spiro atoms. The largest absolute Gasteiger partial charge is 0.496 e. The average molecular weight is 269 g/mol. The van der Waals surface area contributed by atoms with Gasteiger partial charge in [-0.15, -0.1) is 0 Å². The lowest BCUT2D eigenvalue weighted by Crippen LogP contribution is -2.19. The molecule has 0 saturated carbocycles. The lowest BCUT2D eigenvalue weighted by Gasteiger charge is -2.15. The predicted octanol–water partition coefficient (Wildman–Crippen LogP) is 2.30. The molecule has 1 radical (unpaired) electrons. The molecule has 1 fully saturated rings. The number of benzene rings is 1. The topological polar surface area (TPSA) is 43.4 Å². The van der Waals surface area contributed by atoms with Gasteiger partial charge < -0.3 is 14.8 Å². The first-order valence-electron chi connectivity index (χ1n) is 6.76. The molecule has 103 valence electrons. The van der Waals surface area contributed by atoms with Gasteiger partial charge >= 0.3 is 0 Å². The van der Waals surface area contributed by atoms with Crippen LogP contribution >= 0.6 is 0 Å². The van der Waals surface area contributed by atoms with E-state index in [0.717, 1.165) is 42.3 Å². The fraction of sp³-hybridized carbons (Fsp3) is 0.312. The van der Waals surface area contributed by atoms with E-state index < -0.39 is 0 Å². The van der Waals surface area contributed by atoms with Gasteiger partial charge in [0.25, 0.3) is 0 Å². The van der Waals surface area contributed by atoms with Crippen LogP contribution in [-0.2, 0) is 0 Å². The molecule has 4 heteroatoms. The zero-order chi connectivity index (χ0) is 13.8. The molecule has 20 heavy (non-hydrogen) atoms. The van der Waals surface area contributed by atoms with Crippen LogP contribution in [0, 0.1) is 6.20 Å². The van der Waals surface area contributed by atoms with Crippen molar-refractivity contribution in [1.82, 2.24) is 10.3 Å². The molecule has 1 aromatic carbocycles. The Bertz CT molecular complexity index is 566. The van der Waals surface area contributed by atoms with Gasteiger partial charge in [-0.1, -0.05) is 6.07 Å². The van der Waals surface area contributed by atoms with Gasteiger partial charge in [-0.2, -0.15) is 0 Å². The Balaban J connectivity index is 1.86. The van der Waals surface area contributed by atoms with Crippen LogP contribution in [0.25, 0.3) is 11.3 Å². The quantitative estimate of drug-likeness (QED) is 0.925. The SMILES string of the molecule is COc1cc(OC2CCNC2)ccc1-c1ccc[c]n1. The van der Waals surface area contributed by atoms with Crippen molar-refractivity contribution in [1.29, 1.82) is 0 Å². The summed E-state index contributed by atoms with van der Waals surface area (Å²) >= 11 is 0. The van der Waals surface area contributed by atoms with Gasteiger partial charge in [0.15, 0.2) is 0 Å². The summed E-state index contributed by atoms with van der Waals surface area (Å²) in [5.41, 5.74) is 1.79. The molecule has 1 atom stereocenters. The lowest BCUT2D eigenvalue weighted by atomic mass is 10.1. The van der Waals surface area contributed by atoms with E-state index in [1.807, 2.05) is 30.3 Å². The summed E-state index contributed by atoms with van der Waals surface area (Å²) in [6, 6.07) is 11.5. The molecule has 0 amide bonds. The number of pyridine rings is 1. The summed E-state index contributed by atoms with van der Waals surface area (Å²) < 4.78 is 11.4. The Labute approximate surface area is 118 Å². The number of hydrogen-bond donors (Lipinski definition) is 1. The smallest absolute Gasteiger partial charge is 0.131 e. The van der Waals surface area contributed by atoms with E-state index in [4.69, 9.17) is 9.47 Å². The van der Waals surface area contributed by atoms with Crippen LogP contribution in [0.1, 0.15) is 6.42 Å². The van der Waals surface area contributed by atoms with Crippen molar-refractivity contribution in [3.8, 4) is 22.8 Å². The highest BCUT2D eigenvalue weighted by atomic mass is 16.5. The molecule has 2 aromatic rings. The second-order valence-corrected chi connectivity index (χ2v) is 4.75. The molecule has 1 aromatic heterocycles. The normalized spacial score (nSPS) is 17.9. The van der Waals surface area contributed by atoms with E-state index in [9.17, 15) is 0 Å². The van der Waals surface area contributed by atoms with Crippen LogP contribution in [-0.4, -0.2) is 31.3 Å². The van der Waals surface area contributed by atoms with E-state index in [0.29, 0.717) is 0 Å². The Kier molecular flexibility index (Phi) is 3.83. The van der Waals surface area contributed by atoms with Crippen molar-refractivity contribution in [2.45, 2.75) is 12.5 Å². The minimum atomic E-state index is 0.244. The standard InChI is InChI=1S/C16H17N2O2/c1-19-16-10-12(20-13-7-9-17-11-13)5-6-14(16)15-4-2-3-8-18-15/h2-6,10,13,17H,7,9,11H2,1H3. The van der Waals surface area contributed by atoms with Crippen LogP contribution in [0.15, 0.2) is 36.4 Å². The predicted molar refractivity (Wildman–Crippen MR) is 77.0 cm³/mol. The molecule has 1 unspecified atom stereocenters. The van der Waals surface area contributed by atoms with E-state index >= 15 is 0 Å². The minimum Gasteiger partial charge on any atom is -0.496 e.